The Labute approximate surface area is 221 Å². The third kappa shape index (κ3) is 10.4. The molecule has 0 aliphatic rings. The van der Waals surface area contributed by atoms with E-state index in [4.69, 9.17) is 15.2 Å². The number of nitrogens with one attached hydrogen (secondary N) is 1. The van der Waals surface area contributed by atoms with Crippen molar-refractivity contribution in [2.75, 3.05) is 19.4 Å². The van der Waals surface area contributed by atoms with Gasteiger partial charge in [0, 0.05) is 19.1 Å². The van der Waals surface area contributed by atoms with Crippen molar-refractivity contribution in [1.82, 2.24) is 5.32 Å². The fourth-order valence-electron chi connectivity index (χ4n) is 4.24. The molecule has 0 saturated heterocycles. The molecule has 4 N–H and O–H groups in total. The number of carbonyl (C=O) groups excluding carboxylic acids is 1. The van der Waals surface area contributed by atoms with Crippen molar-refractivity contribution in [2.45, 2.75) is 76.0 Å². The van der Waals surface area contributed by atoms with Gasteiger partial charge in [0.15, 0.2) is 15.9 Å². The van der Waals surface area contributed by atoms with Gasteiger partial charge in [-0.05, 0) is 42.5 Å². The first-order valence-electron chi connectivity index (χ1n) is 12.9. The average molecular weight is 535 g/mol. The molecule has 0 spiro atoms. The minimum atomic E-state index is -3.66. The maximum atomic E-state index is 12.9. The number of hydrogen-bond acceptors (Lipinski definition) is 8. The van der Waals surface area contributed by atoms with E-state index in [0.717, 1.165) is 16.9 Å². The Morgan fingerprint density at radius 3 is 2.30 bits per heavy atom. The largest absolute Gasteiger partial charge is 0.497 e. The first-order chi connectivity index (χ1) is 17.7. The summed E-state index contributed by atoms with van der Waals surface area (Å²) in [5.74, 6) is -0.905. The molecule has 2 rings (SSSR count). The second-order valence-electron chi connectivity index (χ2n) is 9.36. The summed E-state index contributed by atoms with van der Waals surface area (Å²) in [5.41, 5.74) is 8.40. The highest BCUT2D eigenvalue weighted by Crippen LogP contribution is 2.18. The van der Waals surface area contributed by atoms with E-state index < -0.39 is 45.1 Å². The Kier molecular flexibility index (Phi) is 13.1. The molecule has 0 fully saturated rings. The molecule has 0 saturated carbocycles. The molecule has 2 aromatic rings. The Balaban J connectivity index is 2.08. The molecule has 0 aromatic heterocycles. The van der Waals surface area contributed by atoms with Gasteiger partial charge in [0.25, 0.3) is 0 Å². The summed E-state index contributed by atoms with van der Waals surface area (Å²) in [4.78, 5) is 12.8. The van der Waals surface area contributed by atoms with Crippen LogP contribution in [0.4, 0.5) is 0 Å². The summed E-state index contributed by atoms with van der Waals surface area (Å²) in [5, 5.41) is 13.2. The number of esters is 1. The van der Waals surface area contributed by atoms with Gasteiger partial charge >= 0.3 is 5.97 Å². The van der Waals surface area contributed by atoms with Crippen LogP contribution < -0.4 is 15.8 Å². The van der Waals surface area contributed by atoms with Crippen LogP contribution in [-0.2, 0) is 32.3 Å². The van der Waals surface area contributed by atoms with E-state index in [1.165, 1.54) is 0 Å². The number of nitrogens with two attached hydrogens (primary N) is 1. The van der Waals surface area contributed by atoms with Crippen LogP contribution in [-0.4, -0.2) is 62.4 Å². The highest BCUT2D eigenvalue weighted by atomic mass is 32.2. The van der Waals surface area contributed by atoms with Crippen molar-refractivity contribution in [3.8, 4) is 5.75 Å². The zero-order chi connectivity index (χ0) is 27.3. The molecule has 0 bridgehead atoms. The third-order valence-corrected chi connectivity index (χ3v) is 8.53. The van der Waals surface area contributed by atoms with E-state index in [2.05, 4.69) is 5.32 Å². The fourth-order valence-corrected chi connectivity index (χ4v) is 6.28. The molecular formula is C28H42N2O6S. The molecule has 0 radical (unpaired) electrons. The van der Waals surface area contributed by atoms with Gasteiger partial charge in [0.05, 0.1) is 18.1 Å². The van der Waals surface area contributed by atoms with Crippen molar-refractivity contribution in [3.63, 3.8) is 0 Å². The fraction of sp³-hybridized carbons (Fsp3) is 0.536. The lowest BCUT2D eigenvalue weighted by Gasteiger charge is -2.26. The molecule has 8 nitrogen and oxygen atoms in total. The highest BCUT2D eigenvalue weighted by molar-refractivity contribution is 7.92. The number of carbonyl (C=O) groups is 1. The van der Waals surface area contributed by atoms with Gasteiger partial charge in [-0.25, -0.2) is 13.2 Å². The lowest BCUT2D eigenvalue weighted by Crippen LogP contribution is -2.48. The lowest BCUT2D eigenvalue weighted by atomic mass is 10.0. The summed E-state index contributed by atoms with van der Waals surface area (Å²) >= 11 is 0. The van der Waals surface area contributed by atoms with Gasteiger partial charge < -0.3 is 25.6 Å². The van der Waals surface area contributed by atoms with Crippen molar-refractivity contribution in [2.24, 2.45) is 5.73 Å². The predicted octanol–water partition coefficient (Wildman–Crippen LogP) is 3.01. The molecule has 3 atom stereocenters. The number of sulfone groups is 1. The third-order valence-electron chi connectivity index (χ3n) is 6.26. The monoisotopic (exact) mass is 534 g/mol. The molecule has 2 aromatic carbocycles. The molecule has 0 aliphatic heterocycles. The van der Waals surface area contributed by atoms with Gasteiger partial charge in [-0.2, -0.15) is 0 Å². The zero-order valence-corrected chi connectivity index (χ0v) is 23.0. The van der Waals surface area contributed by atoms with Crippen LogP contribution in [0.3, 0.4) is 0 Å². The van der Waals surface area contributed by atoms with E-state index in [1.54, 1.807) is 7.11 Å². The first-order valence-corrected chi connectivity index (χ1v) is 14.6. The maximum absolute atomic E-state index is 12.9. The van der Waals surface area contributed by atoms with Crippen LogP contribution in [0, 0.1) is 0 Å². The van der Waals surface area contributed by atoms with E-state index in [9.17, 15) is 18.3 Å². The van der Waals surface area contributed by atoms with Gasteiger partial charge in [0.2, 0.25) is 0 Å². The van der Waals surface area contributed by atoms with Crippen molar-refractivity contribution in [3.05, 3.63) is 65.7 Å². The van der Waals surface area contributed by atoms with Crippen molar-refractivity contribution < 1.29 is 27.8 Å². The Morgan fingerprint density at radius 2 is 1.68 bits per heavy atom. The predicted molar refractivity (Wildman–Crippen MR) is 146 cm³/mol. The van der Waals surface area contributed by atoms with E-state index >= 15 is 0 Å². The van der Waals surface area contributed by atoms with Crippen molar-refractivity contribution >= 4 is 15.8 Å². The summed E-state index contributed by atoms with van der Waals surface area (Å²) in [6, 6.07) is 16.6. The van der Waals surface area contributed by atoms with Crippen LogP contribution in [0.15, 0.2) is 54.6 Å². The Morgan fingerprint density at radius 1 is 1.03 bits per heavy atom. The standard InChI is InChI=1S/C28H42N2O6S/c1-4-10-24(11-5-2)37(33,34)20-26(31)28(32)36-27(25(29)17-21-12-7-6-8-13-21)19-30-18-22-14-9-15-23(16-22)35-3/h6-9,12-16,24-27,30-31H,4-5,10-11,17-20,29H2,1-3H3/t25?,26-,27?/m1/s1. The number of benzene rings is 2. The number of methoxy groups -OCH3 is 1. The average Bonchev–Trinajstić information content (AvgIpc) is 2.88. The van der Waals surface area contributed by atoms with Crippen LogP contribution in [0.25, 0.3) is 0 Å². The van der Waals surface area contributed by atoms with Gasteiger partial charge in [-0.15, -0.1) is 0 Å². The number of hydrogen-bond donors (Lipinski definition) is 3. The molecular weight excluding hydrogens is 492 g/mol. The van der Waals surface area contributed by atoms with Gasteiger partial charge in [0.1, 0.15) is 11.9 Å². The Bertz CT molecular complexity index is 1040. The summed E-state index contributed by atoms with van der Waals surface area (Å²) in [7, 11) is -2.06. The second-order valence-corrected chi connectivity index (χ2v) is 11.7. The zero-order valence-electron chi connectivity index (χ0n) is 22.1. The summed E-state index contributed by atoms with van der Waals surface area (Å²) in [6.07, 6.45) is 0.305. The molecule has 37 heavy (non-hydrogen) atoms. The quantitative estimate of drug-likeness (QED) is 0.264. The highest BCUT2D eigenvalue weighted by Gasteiger charge is 2.33. The molecule has 0 heterocycles. The van der Waals surface area contributed by atoms with Crippen LogP contribution in [0.2, 0.25) is 0 Å². The van der Waals surface area contributed by atoms with Crippen LogP contribution >= 0.6 is 0 Å². The first kappa shape index (κ1) is 30.8. The van der Waals surface area contributed by atoms with Crippen LogP contribution in [0.5, 0.6) is 5.75 Å². The number of aliphatic hydroxyl groups is 1. The van der Waals surface area contributed by atoms with E-state index in [-0.39, 0.29) is 6.54 Å². The summed E-state index contributed by atoms with van der Waals surface area (Å²) in [6.45, 7) is 4.54. The molecule has 206 valence electrons. The number of rotatable bonds is 17. The second kappa shape index (κ2) is 15.7. The minimum absolute atomic E-state index is 0.227. The molecule has 2 unspecified atom stereocenters. The maximum Gasteiger partial charge on any atom is 0.336 e. The molecule has 0 aliphatic carbocycles. The van der Waals surface area contributed by atoms with E-state index in [1.807, 2.05) is 68.4 Å². The SMILES string of the molecule is CCCC(CCC)S(=O)(=O)C[C@@H](O)C(=O)OC(CNCc1cccc(OC)c1)C(N)Cc1ccccc1. The molecule has 9 heteroatoms. The Hall–Kier alpha value is -2.46. The minimum Gasteiger partial charge on any atom is -0.497 e. The molecule has 0 amide bonds. The van der Waals surface area contributed by atoms with Gasteiger partial charge in [-0.3, -0.25) is 0 Å². The topological polar surface area (TPSA) is 128 Å². The normalized spacial score (nSPS) is 14.2. The number of aliphatic hydroxyl groups excluding tert-OH is 1. The lowest BCUT2D eigenvalue weighted by molar-refractivity contribution is -0.158. The van der Waals surface area contributed by atoms with Crippen LogP contribution in [0.1, 0.15) is 50.7 Å². The van der Waals surface area contributed by atoms with E-state index in [0.29, 0.717) is 38.6 Å². The van der Waals surface area contributed by atoms with Crippen molar-refractivity contribution in [1.29, 1.82) is 0 Å². The number of ether oxygens (including phenoxy) is 2. The van der Waals surface area contributed by atoms with Gasteiger partial charge in [-0.1, -0.05) is 69.2 Å². The smallest absolute Gasteiger partial charge is 0.336 e. The summed E-state index contributed by atoms with van der Waals surface area (Å²) < 4.78 is 36.6.